The number of aryl methyl sites for hydroxylation is 2. The van der Waals surface area contributed by atoms with Crippen molar-refractivity contribution in [3.8, 4) is 16.9 Å². The molecule has 0 aliphatic heterocycles. The zero-order valence-corrected chi connectivity index (χ0v) is 20.1. The van der Waals surface area contributed by atoms with Gasteiger partial charge in [0.2, 0.25) is 5.91 Å². The molecule has 0 saturated heterocycles. The number of fused-ring (bicyclic) bond motifs is 1. The zero-order valence-electron chi connectivity index (χ0n) is 18.5. The van der Waals surface area contributed by atoms with Crippen LogP contribution in [0.2, 0.25) is 0 Å². The summed E-state index contributed by atoms with van der Waals surface area (Å²) in [7, 11) is 0. The van der Waals surface area contributed by atoms with Gasteiger partial charge in [0.25, 0.3) is 0 Å². The van der Waals surface area contributed by atoms with E-state index in [1.165, 1.54) is 22.2 Å². The van der Waals surface area contributed by atoms with Crippen LogP contribution in [-0.2, 0) is 4.79 Å². The van der Waals surface area contributed by atoms with Crippen LogP contribution >= 0.6 is 23.1 Å². The minimum absolute atomic E-state index is 0.0546. The summed E-state index contributed by atoms with van der Waals surface area (Å²) in [5.74, 6) is 0.515. The summed E-state index contributed by atoms with van der Waals surface area (Å²) in [4.78, 5) is 23.6. The first-order chi connectivity index (χ1) is 15.3. The van der Waals surface area contributed by atoms with E-state index in [4.69, 9.17) is 0 Å². The van der Waals surface area contributed by atoms with Gasteiger partial charge >= 0.3 is 0 Å². The lowest BCUT2D eigenvalue weighted by molar-refractivity contribution is -0.113. The molecule has 32 heavy (non-hydrogen) atoms. The first-order valence-electron chi connectivity index (χ1n) is 10.4. The minimum Gasteiger partial charge on any atom is -0.506 e. The number of aromatic hydroxyl groups is 1. The summed E-state index contributed by atoms with van der Waals surface area (Å²) in [6, 6.07) is 13.8. The van der Waals surface area contributed by atoms with E-state index in [0.717, 1.165) is 31.9 Å². The first-order valence-corrected chi connectivity index (χ1v) is 12.2. The van der Waals surface area contributed by atoms with Crippen LogP contribution in [-0.4, -0.2) is 26.7 Å². The number of nitrogens with zero attached hydrogens (tertiary/aromatic N) is 2. The third kappa shape index (κ3) is 4.64. The number of thioether (sulfide) groups is 1. The number of thiophene rings is 1. The molecule has 2 heterocycles. The van der Waals surface area contributed by atoms with Gasteiger partial charge in [0.15, 0.2) is 0 Å². The fourth-order valence-corrected chi connectivity index (χ4v) is 5.46. The van der Waals surface area contributed by atoms with Gasteiger partial charge in [-0.15, -0.1) is 11.3 Å². The highest BCUT2D eigenvalue weighted by atomic mass is 32.2. The molecule has 0 unspecified atom stereocenters. The van der Waals surface area contributed by atoms with E-state index in [1.54, 1.807) is 35.9 Å². The highest BCUT2D eigenvalue weighted by Crippen LogP contribution is 2.41. The van der Waals surface area contributed by atoms with E-state index in [2.05, 4.69) is 60.3 Å². The van der Waals surface area contributed by atoms with Gasteiger partial charge in [0.05, 0.1) is 16.8 Å². The fraction of sp³-hybridized carbons (Fsp3) is 0.240. The minimum atomic E-state index is -0.197. The van der Waals surface area contributed by atoms with Crippen molar-refractivity contribution < 1.29 is 9.90 Å². The van der Waals surface area contributed by atoms with E-state index in [1.807, 2.05) is 6.92 Å². The molecule has 2 N–H and O–H groups in total. The predicted octanol–water partition coefficient (Wildman–Crippen LogP) is 6.53. The van der Waals surface area contributed by atoms with E-state index >= 15 is 0 Å². The fourth-order valence-electron chi connectivity index (χ4n) is 3.58. The Labute approximate surface area is 195 Å². The van der Waals surface area contributed by atoms with Gasteiger partial charge in [0, 0.05) is 10.4 Å². The summed E-state index contributed by atoms with van der Waals surface area (Å²) >= 11 is 3.02. The molecular weight excluding hydrogens is 438 g/mol. The molecule has 0 bridgehead atoms. The molecule has 4 rings (SSSR count). The first kappa shape index (κ1) is 22.3. The smallest absolute Gasteiger partial charge is 0.234 e. The van der Waals surface area contributed by atoms with Crippen LogP contribution in [0.5, 0.6) is 5.75 Å². The van der Waals surface area contributed by atoms with Crippen molar-refractivity contribution in [1.29, 1.82) is 0 Å². The number of hydrogen-bond donors (Lipinski definition) is 2. The molecule has 0 aliphatic carbocycles. The second-order valence-corrected chi connectivity index (χ2v) is 10.2. The zero-order chi connectivity index (χ0) is 22.8. The number of hydrogen-bond acceptors (Lipinski definition) is 6. The van der Waals surface area contributed by atoms with Crippen LogP contribution in [0.4, 0.5) is 5.69 Å². The van der Waals surface area contributed by atoms with Gasteiger partial charge in [0.1, 0.15) is 21.9 Å². The number of phenolic OH excluding ortho intramolecular Hbond substituents is 1. The van der Waals surface area contributed by atoms with Crippen molar-refractivity contribution in [2.24, 2.45) is 0 Å². The van der Waals surface area contributed by atoms with E-state index in [-0.39, 0.29) is 17.4 Å². The number of rotatable bonds is 6. The van der Waals surface area contributed by atoms with E-state index < -0.39 is 0 Å². The second kappa shape index (κ2) is 9.30. The standard InChI is InChI=1S/C25H25N3O2S2/c1-14(2)17-6-8-18(9-7-17)22-16(4)32-25-23(22)24(26-13-27-25)31-12-21(30)28-19-11-15(3)5-10-20(19)29/h5-11,13-14,29H,12H2,1-4H3,(H,28,30). The molecule has 0 spiro atoms. The molecule has 5 nitrogen and oxygen atoms in total. The average Bonchev–Trinajstić information content (AvgIpc) is 3.11. The van der Waals surface area contributed by atoms with E-state index in [9.17, 15) is 9.90 Å². The summed E-state index contributed by atoms with van der Waals surface area (Å²) in [6.45, 7) is 8.38. The Balaban J connectivity index is 1.61. The van der Waals surface area contributed by atoms with Crippen molar-refractivity contribution in [1.82, 2.24) is 9.97 Å². The lowest BCUT2D eigenvalue weighted by Gasteiger charge is -2.10. The Hall–Kier alpha value is -2.90. The van der Waals surface area contributed by atoms with Gasteiger partial charge in [-0.1, -0.05) is 55.9 Å². The van der Waals surface area contributed by atoms with Gasteiger partial charge in [-0.2, -0.15) is 0 Å². The van der Waals surface area contributed by atoms with Crippen LogP contribution in [0.25, 0.3) is 21.3 Å². The predicted molar refractivity (Wildman–Crippen MR) is 134 cm³/mol. The van der Waals surface area contributed by atoms with Crippen molar-refractivity contribution in [3.63, 3.8) is 0 Å². The third-order valence-electron chi connectivity index (χ3n) is 5.26. The van der Waals surface area contributed by atoms with Crippen LogP contribution in [0, 0.1) is 13.8 Å². The highest BCUT2D eigenvalue weighted by molar-refractivity contribution is 8.00. The van der Waals surface area contributed by atoms with Crippen LogP contribution in [0.1, 0.15) is 35.8 Å². The number of carbonyl (C=O) groups excluding carboxylic acids is 1. The Morgan fingerprint density at radius 2 is 1.88 bits per heavy atom. The van der Waals surface area contributed by atoms with E-state index in [0.29, 0.717) is 11.6 Å². The molecule has 2 aromatic carbocycles. The quantitative estimate of drug-likeness (QED) is 0.193. The van der Waals surface area contributed by atoms with Crippen molar-refractivity contribution >= 4 is 44.9 Å². The number of phenols is 1. The maximum Gasteiger partial charge on any atom is 0.234 e. The lowest BCUT2D eigenvalue weighted by Crippen LogP contribution is -2.14. The maximum absolute atomic E-state index is 12.6. The molecule has 0 radical (unpaired) electrons. The van der Waals surface area contributed by atoms with Crippen molar-refractivity contribution in [2.45, 2.75) is 38.6 Å². The molecule has 7 heteroatoms. The van der Waals surface area contributed by atoms with Crippen LogP contribution in [0.15, 0.2) is 53.8 Å². The largest absolute Gasteiger partial charge is 0.506 e. The number of nitrogens with one attached hydrogen (secondary N) is 1. The molecule has 0 atom stereocenters. The number of benzene rings is 2. The number of anilines is 1. The Morgan fingerprint density at radius 1 is 1.12 bits per heavy atom. The number of carbonyl (C=O) groups is 1. The Bertz CT molecular complexity index is 1280. The van der Waals surface area contributed by atoms with Crippen molar-refractivity contribution in [3.05, 3.63) is 64.8 Å². The van der Waals surface area contributed by atoms with Crippen LogP contribution in [0.3, 0.4) is 0 Å². The van der Waals surface area contributed by atoms with Crippen molar-refractivity contribution in [2.75, 3.05) is 11.1 Å². The number of aromatic nitrogens is 2. The normalized spacial score (nSPS) is 11.3. The molecule has 164 valence electrons. The monoisotopic (exact) mass is 463 g/mol. The van der Waals surface area contributed by atoms with Gasteiger partial charge in [-0.05, 0) is 48.6 Å². The average molecular weight is 464 g/mol. The molecular formula is C25H25N3O2S2. The molecule has 1 amide bonds. The second-order valence-electron chi connectivity index (χ2n) is 8.03. The summed E-state index contributed by atoms with van der Waals surface area (Å²) in [5.41, 5.74) is 4.93. The molecule has 0 saturated carbocycles. The molecule has 0 fully saturated rings. The molecule has 4 aromatic rings. The molecule has 2 aromatic heterocycles. The summed E-state index contributed by atoms with van der Waals surface area (Å²) < 4.78 is 0. The SMILES string of the molecule is Cc1ccc(O)c(NC(=O)CSc2ncnc3sc(C)c(-c4ccc(C(C)C)cc4)c23)c1. The highest BCUT2D eigenvalue weighted by Gasteiger charge is 2.18. The van der Waals surface area contributed by atoms with Crippen LogP contribution < -0.4 is 5.32 Å². The Kier molecular flexibility index (Phi) is 6.48. The van der Waals surface area contributed by atoms with Gasteiger partial charge < -0.3 is 10.4 Å². The maximum atomic E-state index is 12.6. The summed E-state index contributed by atoms with van der Waals surface area (Å²) in [6.07, 6.45) is 1.55. The number of amides is 1. The lowest BCUT2D eigenvalue weighted by atomic mass is 9.98. The van der Waals surface area contributed by atoms with Gasteiger partial charge in [-0.3, -0.25) is 4.79 Å². The topological polar surface area (TPSA) is 75.1 Å². The third-order valence-corrected chi connectivity index (χ3v) is 7.26. The molecule has 0 aliphatic rings. The van der Waals surface area contributed by atoms with Gasteiger partial charge in [-0.25, -0.2) is 9.97 Å². The Morgan fingerprint density at radius 3 is 2.59 bits per heavy atom. The summed E-state index contributed by atoms with van der Waals surface area (Å²) in [5, 5.41) is 14.5.